The molecular formula is C16H21N5O3. The Bertz CT molecular complexity index is 740. The number of hydrogen-bond acceptors (Lipinski definition) is 5. The molecule has 2 aromatic heterocycles. The van der Waals surface area contributed by atoms with Gasteiger partial charge in [0.15, 0.2) is 0 Å². The zero-order chi connectivity index (χ0) is 16.9. The molecule has 0 bridgehead atoms. The summed E-state index contributed by atoms with van der Waals surface area (Å²) in [6.45, 7) is 3.89. The van der Waals surface area contributed by atoms with Crippen molar-refractivity contribution >= 4 is 5.91 Å². The number of rotatable bonds is 5. The molecule has 3 rings (SSSR count). The number of aryl methyl sites for hydroxylation is 2. The molecule has 1 unspecified atom stereocenters. The Morgan fingerprint density at radius 1 is 1.50 bits per heavy atom. The third-order valence-electron chi connectivity index (χ3n) is 3.97. The highest BCUT2D eigenvalue weighted by molar-refractivity contribution is 5.76. The fourth-order valence-electron chi connectivity index (χ4n) is 2.81. The van der Waals surface area contributed by atoms with Gasteiger partial charge in [0.25, 0.3) is 5.56 Å². The minimum atomic E-state index is -0.352. The van der Waals surface area contributed by atoms with Crippen molar-refractivity contribution in [3.05, 3.63) is 46.4 Å². The average molecular weight is 331 g/mol. The molecule has 0 radical (unpaired) electrons. The van der Waals surface area contributed by atoms with Crippen molar-refractivity contribution in [2.24, 2.45) is 0 Å². The summed E-state index contributed by atoms with van der Waals surface area (Å²) in [5, 5.41) is 4.12. The van der Waals surface area contributed by atoms with Crippen molar-refractivity contribution in [2.45, 2.75) is 32.4 Å². The van der Waals surface area contributed by atoms with E-state index in [4.69, 9.17) is 4.74 Å². The van der Waals surface area contributed by atoms with Gasteiger partial charge in [-0.3, -0.25) is 14.3 Å². The normalized spacial score (nSPS) is 17.9. The maximum Gasteiger partial charge on any atom is 0.251 e. The van der Waals surface area contributed by atoms with Crippen LogP contribution in [0, 0.1) is 6.92 Å². The lowest BCUT2D eigenvalue weighted by Crippen LogP contribution is -2.42. The molecular weight excluding hydrogens is 310 g/mol. The predicted octanol–water partition coefficient (Wildman–Crippen LogP) is 0.655. The van der Waals surface area contributed by atoms with Crippen molar-refractivity contribution in [3.63, 3.8) is 0 Å². The second-order valence-electron chi connectivity index (χ2n) is 5.83. The number of H-pyrrole nitrogens is 1. The number of carbonyl (C=O) groups is 1. The van der Waals surface area contributed by atoms with E-state index in [1.165, 1.54) is 6.07 Å². The zero-order valence-corrected chi connectivity index (χ0v) is 13.6. The van der Waals surface area contributed by atoms with Gasteiger partial charge < -0.3 is 14.6 Å². The fourth-order valence-corrected chi connectivity index (χ4v) is 2.81. The Balaban J connectivity index is 1.56. The second kappa shape index (κ2) is 7.39. The molecule has 1 saturated heterocycles. The summed E-state index contributed by atoms with van der Waals surface area (Å²) in [6.07, 6.45) is 4.47. The fraction of sp³-hybridized carbons (Fsp3) is 0.500. The van der Waals surface area contributed by atoms with E-state index >= 15 is 0 Å². The Hall–Kier alpha value is -2.48. The smallest absolute Gasteiger partial charge is 0.251 e. The van der Waals surface area contributed by atoms with Gasteiger partial charge >= 0.3 is 0 Å². The van der Waals surface area contributed by atoms with Gasteiger partial charge in [0.1, 0.15) is 11.9 Å². The monoisotopic (exact) mass is 331 g/mol. The predicted molar refractivity (Wildman–Crippen MR) is 86.3 cm³/mol. The summed E-state index contributed by atoms with van der Waals surface area (Å²) < 4.78 is 7.51. The van der Waals surface area contributed by atoms with Gasteiger partial charge in [-0.2, -0.15) is 5.10 Å². The Morgan fingerprint density at radius 2 is 2.38 bits per heavy atom. The van der Waals surface area contributed by atoms with Crippen molar-refractivity contribution < 1.29 is 9.53 Å². The van der Waals surface area contributed by atoms with Crippen molar-refractivity contribution in [2.75, 3.05) is 19.7 Å². The molecule has 8 nitrogen and oxygen atoms in total. The average Bonchev–Trinajstić information content (AvgIpc) is 3.07. The standard InChI is InChI=1S/C16H21N5O3/c1-12-18-13(10-15(22)19-12)14-11-20(8-9-24-14)16(23)4-2-6-21-7-3-5-17-21/h3,5,7,10,14H,2,4,6,8-9,11H2,1H3,(H,18,19,22). The van der Waals surface area contributed by atoms with E-state index in [9.17, 15) is 9.59 Å². The first-order valence-electron chi connectivity index (χ1n) is 8.06. The van der Waals surface area contributed by atoms with Gasteiger partial charge in [-0.15, -0.1) is 0 Å². The number of ether oxygens (including phenoxy) is 1. The minimum Gasteiger partial charge on any atom is -0.368 e. The lowest BCUT2D eigenvalue weighted by Gasteiger charge is -2.32. The molecule has 128 valence electrons. The Morgan fingerprint density at radius 3 is 3.12 bits per heavy atom. The van der Waals surface area contributed by atoms with Crippen LogP contribution in [0.15, 0.2) is 29.3 Å². The summed E-state index contributed by atoms with van der Waals surface area (Å²) >= 11 is 0. The number of nitrogens with one attached hydrogen (secondary N) is 1. The third kappa shape index (κ3) is 4.08. The van der Waals surface area contributed by atoms with E-state index in [-0.39, 0.29) is 17.6 Å². The van der Waals surface area contributed by atoms with E-state index in [0.717, 1.165) is 13.0 Å². The van der Waals surface area contributed by atoms with E-state index in [1.54, 1.807) is 18.0 Å². The lowest BCUT2D eigenvalue weighted by molar-refractivity contribution is -0.139. The number of carbonyl (C=O) groups excluding carboxylic acids is 1. The molecule has 1 aliphatic heterocycles. The van der Waals surface area contributed by atoms with Crippen LogP contribution in [0.4, 0.5) is 0 Å². The molecule has 1 N–H and O–H groups in total. The summed E-state index contributed by atoms with van der Waals surface area (Å²) in [6, 6.07) is 3.30. The summed E-state index contributed by atoms with van der Waals surface area (Å²) in [5.74, 6) is 0.640. The molecule has 1 aliphatic rings. The SMILES string of the molecule is Cc1nc(C2CN(C(=O)CCCn3cccn3)CCO2)cc(=O)[nH]1. The molecule has 1 fully saturated rings. The van der Waals surface area contributed by atoms with Gasteiger partial charge in [-0.05, 0) is 19.4 Å². The van der Waals surface area contributed by atoms with Crippen LogP contribution in [-0.4, -0.2) is 50.3 Å². The highest BCUT2D eigenvalue weighted by atomic mass is 16.5. The van der Waals surface area contributed by atoms with Gasteiger partial charge in [0, 0.05) is 38.0 Å². The molecule has 3 heterocycles. The molecule has 0 saturated carbocycles. The number of aromatic amines is 1. The topological polar surface area (TPSA) is 93.1 Å². The van der Waals surface area contributed by atoms with Crippen LogP contribution >= 0.6 is 0 Å². The van der Waals surface area contributed by atoms with E-state index < -0.39 is 0 Å². The van der Waals surface area contributed by atoms with Crippen LogP contribution in [0.25, 0.3) is 0 Å². The summed E-state index contributed by atoms with van der Waals surface area (Å²) in [4.78, 5) is 32.7. The second-order valence-corrected chi connectivity index (χ2v) is 5.83. The van der Waals surface area contributed by atoms with Crippen LogP contribution in [0.2, 0.25) is 0 Å². The molecule has 0 aliphatic carbocycles. The number of amides is 1. The lowest BCUT2D eigenvalue weighted by atomic mass is 10.1. The highest BCUT2D eigenvalue weighted by Crippen LogP contribution is 2.20. The van der Waals surface area contributed by atoms with E-state index in [0.29, 0.717) is 37.6 Å². The molecule has 1 amide bonds. The minimum absolute atomic E-state index is 0.0945. The van der Waals surface area contributed by atoms with Crippen LogP contribution < -0.4 is 5.56 Å². The zero-order valence-electron chi connectivity index (χ0n) is 13.6. The van der Waals surface area contributed by atoms with Gasteiger partial charge in [0.2, 0.25) is 5.91 Å². The van der Waals surface area contributed by atoms with E-state index in [2.05, 4.69) is 15.1 Å². The van der Waals surface area contributed by atoms with Gasteiger partial charge in [-0.25, -0.2) is 4.98 Å². The maximum atomic E-state index is 12.4. The molecule has 0 aromatic carbocycles. The van der Waals surface area contributed by atoms with Crippen LogP contribution in [0.1, 0.15) is 30.5 Å². The van der Waals surface area contributed by atoms with Crippen LogP contribution in [0.5, 0.6) is 0 Å². The quantitative estimate of drug-likeness (QED) is 0.868. The highest BCUT2D eigenvalue weighted by Gasteiger charge is 2.26. The largest absolute Gasteiger partial charge is 0.368 e. The first kappa shape index (κ1) is 16.4. The van der Waals surface area contributed by atoms with Crippen LogP contribution in [0.3, 0.4) is 0 Å². The number of hydrogen-bond donors (Lipinski definition) is 1. The number of nitrogens with zero attached hydrogens (tertiary/aromatic N) is 4. The van der Waals surface area contributed by atoms with Crippen molar-refractivity contribution in [1.29, 1.82) is 0 Å². The Kier molecular flexibility index (Phi) is 5.05. The first-order valence-corrected chi connectivity index (χ1v) is 8.06. The van der Waals surface area contributed by atoms with E-state index in [1.807, 2.05) is 16.9 Å². The van der Waals surface area contributed by atoms with Crippen molar-refractivity contribution in [3.8, 4) is 0 Å². The number of morpholine rings is 1. The summed E-state index contributed by atoms with van der Waals surface area (Å²) in [7, 11) is 0. The first-order chi connectivity index (χ1) is 11.6. The van der Waals surface area contributed by atoms with Gasteiger partial charge in [-0.1, -0.05) is 0 Å². The number of aromatic nitrogens is 4. The molecule has 24 heavy (non-hydrogen) atoms. The molecule has 2 aromatic rings. The Labute approximate surface area is 139 Å². The molecule has 8 heteroatoms. The maximum absolute atomic E-state index is 12.4. The van der Waals surface area contributed by atoms with Crippen LogP contribution in [-0.2, 0) is 16.1 Å². The third-order valence-corrected chi connectivity index (χ3v) is 3.97. The van der Waals surface area contributed by atoms with Gasteiger partial charge in [0.05, 0.1) is 18.8 Å². The summed E-state index contributed by atoms with van der Waals surface area (Å²) in [5.41, 5.74) is 0.370. The molecule has 0 spiro atoms. The molecule has 1 atom stereocenters. The van der Waals surface area contributed by atoms with Crippen molar-refractivity contribution in [1.82, 2.24) is 24.6 Å².